The molecule has 0 fully saturated rings. The number of hydrogen-bond donors (Lipinski definition) is 1. The van der Waals surface area contributed by atoms with Crippen molar-refractivity contribution in [1.82, 2.24) is 9.78 Å². The first kappa shape index (κ1) is 9.89. The maximum Gasteiger partial charge on any atom is 0.403 e. The lowest BCUT2D eigenvalue weighted by Gasteiger charge is -1.87. The molecule has 0 aromatic carbocycles. The van der Waals surface area contributed by atoms with Crippen molar-refractivity contribution in [3.8, 4) is 0 Å². The van der Waals surface area contributed by atoms with Crippen LogP contribution in [0.3, 0.4) is 0 Å². The first-order valence-corrected chi connectivity index (χ1v) is 4.17. The van der Waals surface area contributed by atoms with Gasteiger partial charge in [0.05, 0.1) is 11.3 Å². The molecule has 1 rings (SSSR count). The van der Waals surface area contributed by atoms with Crippen LogP contribution in [0.1, 0.15) is 0 Å². The highest BCUT2D eigenvalue weighted by molar-refractivity contribution is 14.1. The Kier molecular flexibility index (Phi) is 2.80. The number of rotatable bonds is 3. The number of hydrogen-bond acceptors (Lipinski definition) is 4. The van der Waals surface area contributed by atoms with Crippen LogP contribution in [0.5, 0.6) is 0 Å². The number of nitro groups is 1. The second-order valence-corrected chi connectivity index (χ2v) is 3.31. The van der Waals surface area contributed by atoms with E-state index in [9.17, 15) is 14.9 Å². The molecule has 0 aliphatic rings. The summed E-state index contributed by atoms with van der Waals surface area (Å²) in [5.74, 6) is -1.41. The molecular formula is C5H4IN3O4. The summed E-state index contributed by atoms with van der Waals surface area (Å²) >= 11 is 1.73. The van der Waals surface area contributed by atoms with E-state index in [1.165, 1.54) is 6.20 Å². The smallest absolute Gasteiger partial charge is 0.403 e. The Morgan fingerprint density at radius 3 is 2.85 bits per heavy atom. The largest absolute Gasteiger partial charge is 0.480 e. The summed E-state index contributed by atoms with van der Waals surface area (Å²) < 4.78 is 1.34. The van der Waals surface area contributed by atoms with E-state index in [1.54, 1.807) is 22.6 Å². The Labute approximate surface area is 85.6 Å². The molecule has 13 heavy (non-hydrogen) atoms. The zero-order chi connectivity index (χ0) is 10.0. The van der Waals surface area contributed by atoms with Crippen LogP contribution in [0, 0.1) is 13.7 Å². The van der Waals surface area contributed by atoms with Gasteiger partial charge in [0, 0.05) is 0 Å². The summed E-state index contributed by atoms with van der Waals surface area (Å²) in [6.45, 7) is -0.371. The summed E-state index contributed by atoms with van der Waals surface area (Å²) in [4.78, 5) is 19.9. The fraction of sp³-hybridized carbons (Fsp3) is 0.200. The van der Waals surface area contributed by atoms with Gasteiger partial charge < -0.3 is 15.2 Å². The molecule has 0 unspecified atom stereocenters. The van der Waals surface area contributed by atoms with Crippen LogP contribution in [0.15, 0.2) is 6.20 Å². The molecule has 0 atom stereocenters. The van der Waals surface area contributed by atoms with Gasteiger partial charge in [0.1, 0.15) is 3.57 Å². The molecule has 0 radical (unpaired) electrons. The Hall–Kier alpha value is -1.19. The summed E-state index contributed by atoms with van der Waals surface area (Å²) in [5.41, 5.74) is 0. The van der Waals surface area contributed by atoms with E-state index in [2.05, 4.69) is 5.10 Å². The van der Waals surface area contributed by atoms with E-state index in [1.807, 2.05) is 0 Å². The van der Waals surface area contributed by atoms with Crippen molar-refractivity contribution < 1.29 is 14.8 Å². The summed E-state index contributed by atoms with van der Waals surface area (Å²) in [7, 11) is 0. The highest BCUT2D eigenvalue weighted by atomic mass is 127. The molecular weight excluding hydrogens is 293 g/mol. The van der Waals surface area contributed by atoms with E-state index >= 15 is 0 Å². The van der Waals surface area contributed by atoms with E-state index in [0.717, 1.165) is 4.68 Å². The molecule has 8 heteroatoms. The first-order valence-electron chi connectivity index (χ1n) is 3.10. The van der Waals surface area contributed by atoms with Crippen molar-refractivity contribution in [2.75, 3.05) is 0 Å². The van der Waals surface area contributed by atoms with Gasteiger partial charge in [0.15, 0.2) is 6.54 Å². The predicted molar refractivity (Wildman–Crippen MR) is 49.2 cm³/mol. The molecule has 0 saturated carbocycles. The molecule has 0 aliphatic carbocycles. The highest BCUT2D eigenvalue weighted by Gasteiger charge is 2.19. The van der Waals surface area contributed by atoms with Crippen molar-refractivity contribution in [1.29, 1.82) is 0 Å². The second-order valence-electron chi connectivity index (χ2n) is 2.15. The Morgan fingerprint density at radius 1 is 1.85 bits per heavy atom. The van der Waals surface area contributed by atoms with Crippen LogP contribution in [0.4, 0.5) is 5.82 Å². The third kappa shape index (κ3) is 2.37. The minimum absolute atomic E-state index is 0.318. The molecule has 0 bridgehead atoms. The minimum Gasteiger partial charge on any atom is -0.480 e. The average molecular weight is 297 g/mol. The average Bonchev–Trinajstić information content (AvgIpc) is 2.29. The number of carboxylic acids is 1. The lowest BCUT2D eigenvalue weighted by molar-refractivity contribution is -0.390. The van der Waals surface area contributed by atoms with Gasteiger partial charge in [-0.1, -0.05) is 0 Å². The van der Waals surface area contributed by atoms with Crippen LogP contribution in [-0.2, 0) is 11.3 Å². The number of carboxylic acid groups (broad SMARTS) is 1. The third-order valence-electron chi connectivity index (χ3n) is 1.17. The van der Waals surface area contributed by atoms with Crippen LogP contribution in [-0.4, -0.2) is 25.8 Å². The Morgan fingerprint density at radius 2 is 2.46 bits per heavy atom. The molecule has 0 saturated heterocycles. The molecule has 70 valence electrons. The van der Waals surface area contributed by atoms with Gasteiger partial charge in [-0.2, -0.15) is 4.68 Å². The SMILES string of the molecule is O=C(O)Cn1cc(I)c([N+](=O)[O-])n1. The molecule has 1 aromatic rings. The van der Waals surface area contributed by atoms with Crippen molar-refractivity contribution >= 4 is 34.4 Å². The molecule has 0 aliphatic heterocycles. The molecule has 7 nitrogen and oxygen atoms in total. The van der Waals surface area contributed by atoms with Gasteiger partial charge >= 0.3 is 11.8 Å². The zero-order valence-corrected chi connectivity index (χ0v) is 8.33. The van der Waals surface area contributed by atoms with Crippen LogP contribution < -0.4 is 0 Å². The second kappa shape index (κ2) is 3.68. The highest BCUT2D eigenvalue weighted by Crippen LogP contribution is 2.17. The van der Waals surface area contributed by atoms with E-state index in [0.29, 0.717) is 3.57 Å². The van der Waals surface area contributed by atoms with Crippen molar-refractivity contribution in [2.45, 2.75) is 6.54 Å². The molecule has 0 spiro atoms. The normalized spacial score (nSPS) is 9.92. The van der Waals surface area contributed by atoms with E-state index in [-0.39, 0.29) is 12.4 Å². The Bertz CT molecular complexity index is 361. The van der Waals surface area contributed by atoms with E-state index < -0.39 is 10.9 Å². The standard InChI is InChI=1S/C5H4IN3O4/c6-3-1-8(2-4(10)11)7-5(3)9(12)13/h1H,2H2,(H,10,11). The maximum atomic E-state index is 10.3. The van der Waals surface area contributed by atoms with Gasteiger partial charge in [-0.15, -0.1) is 0 Å². The van der Waals surface area contributed by atoms with Crippen molar-refractivity contribution in [3.63, 3.8) is 0 Å². The van der Waals surface area contributed by atoms with Crippen LogP contribution in [0.25, 0.3) is 0 Å². The van der Waals surface area contributed by atoms with Gasteiger partial charge in [-0.05, 0) is 27.5 Å². The van der Waals surface area contributed by atoms with E-state index in [4.69, 9.17) is 5.11 Å². The molecule has 0 amide bonds. The summed E-state index contributed by atoms with van der Waals surface area (Å²) in [6, 6.07) is 0. The topological polar surface area (TPSA) is 98.3 Å². The third-order valence-corrected chi connectivity index (χ3v) is 1.93. The number of carbonyl (C=O) groups is 1. The quantitative estimate of drug-likeness (QED) is 0.497. The first-order chi connectivity index (χ1) is 6.00. The van der Waals surface area contributed by atoms with Crippen molar-refractivity contribution in [3.05, 3.63) is 19.9 Å². The predicted octanol–water partition coefficient (Wildman–Crippen LogP) is 0.481. The van der Waals surface area contributed by atoms with Gasteiger partial charge in [0.25, 0.3) is 0 Å². The monoisotopic (exact) mass is 297 g/mol. The molecule has 1 aromatic heterocycles. The number of aromatic nitrogens is 2. The summed E-state index contributed by atoms with van der Waals surface area (Å²) in [6.07, 6.45) is 1.31. The zero-order valence-electron chi connectivity index (χ0n) is 6.18. The fourth-order valence-corrected chi connectivity index (χ4v) is 1.36. The van der Waals surface area contributed by atoms with Crippen LogP contribution >= 0.6 is 22.6 Å². The minimum atomic E-state index is -1.09. The molecule has 1 N–H and O–H groups in total. The lowest BCUT2D eigenvalue weighted by Crippen LogP contribution is -2.09. The number of aliphatic carboxylic acids is 1. The van der Waals surface area contributed by atoms with Gasteiger partial charge in [-0.3, -0.25) is 4.79 Å². The Balaban J connectivity index is 2.95. The van der Waals surface area contributed by atoms with Crippen LogP contribution in [0.2, 0.25) is 0 Å². The maximum absolute atomic E-state index is 10.3. The summed E-state index contributed by atoms with van der Waals surface area (Å²) in [5, 5.41) is 22.1. The molecule has 1 heterocycles. The van der Waals surface area contributed by atoms with Gasteiger partial charge in [-0.25, -0.2) is 0 Å². The number of nitrogens with zero attached hydrogens (tertiary/aromatic N) is 3. The van der Waals surface area contributed by atoms with Gasteiger partial charge in [0.2, 0.25) is 0 Å². The number of halogens is 1. The fourth-order valence-electron chi connectivity index (χ4n) is 0.730. The van der Waals surface area contributed by atoms with Crippen molar-refractivity contribution in [2.24, 2.45) is 0 Å². The lowest BCUT2D eigenvalue weighted by atomic mass is 10.6.